The Kier molecular flexibility index (Phi) is 3.72. The monoisotopic (exact) mass is 332 g/mol. The molecule has 0 aliphatic carbocycles. The van der Waals surface area contributed by atoms with Gasteiger partial charge < -0.3 is 4.90 Å². The van der Waals surface area contributed by atoms with Crippen LogP contribution in [0.25, 0.3) is 11.0 Å². The number of amides is 1. The number of carbonyl (C=O) groups is 1. The zero-order valence-electron chi connectivity index (χ0n) is 11.3. The molecule has 0 radical (unpaired) electrons. The number of carbonyl (C=O) groups excluding carboxylic acids is 1. The molecule has 2 heterocycles. The Labute approximate surface area is 128 Å². The lowest BCUT2D eigenvalue weighted by Gasteiger charge is -2.32. The summed E-state index contributed by atoms with van der Waals surface area (Å²) in [4.78, 5) is 12.1. The summed E-state index contributed by atoms with van der Waals surface area (Å²) in [6, 6.07) is 5.10. The van der Waals surface area contributed by atoms with E-state index in [-0.39, 0.29) is 19.1 Å². The molecule has 1 aromatic heterocycles. The van der Waals surface area contributed by atoms with Crippen molar-refractivity contribution >= 4 is 28.5 Å². The number of aromatic nitrogens is 3. The van der Waals surface area contributed by atoms with Crippen LogP contribution in [-0.4, -0.2) is 45.1 Å². The molecule has 0 unspecified atom stereocenters. The Morgan fingerprint density at radius 3 is 2.59 bits per heavy atom. The smallest absolute Gasteiger partial charge is 0.335 e. The molecule has 1 amide bonds. The van der Waals surface area contributed by atoms with Gasteiger partial charge >= 0.3 is 12.1 Å². The summed E-state index contributed by atoms with van der Waals surface area (Å²) in [6.07, 6.45) is -4.00. The second-order valence-electron chi connectivity index (χ2n) is 5.19. The van der Waals surface area contributed by atoms with E-state index in [1.54, 1.807) is 22.9 Å². The van der Waals surface area contributed by atoms with E-state index >= 15 is 0 Å². The number of benzene rings is 1. The second kappa shape index (κ2) is 5.42. The molecule has 22 heavy (non-hydrogen) atoms. The van der Waals surface area contributed by atoms with Crippen molar-refractivity contribution in [2.75, 3.05) is 13.1 Å². The molecule has 0 bridgehead atoms. The first-order valence-corrected chi connectivity index (χ1v) is 7.10. The molecule has 0 spiro atoms. The van der Waals surface area contributed by atoms with E-state index in [9.17, 15) is 18.0 Å². The van der Waals surface area contributed by atoms with Gasteiger partial charge in [0.2, 0.25) is 0 Å². The minimum absolute atomic E-state index is 0.0535. The highest BCUT2D eigenvalue weighted by molar-refractivity contribution is 6.31. The second-order valence-corrected chi connectivity index (χ2v) is 5.62. The molecule has 1 saturated heterocycles. The summed E-state index contributed by atoms with van der Waals surface area (Å²) < 4.78 is 39.0. The van der Waals surface area contributed by atoms with Crippen LogP contribution in [0.5, 0.6) is 0 Å². The maximum Gasteiger partial charge on any atom is 0.471 e. The normalized spacial score (nSPS) is 17.2. The maximum absolute atomic E-state index is 12.4. The lowest BCUT2D eigenvalue weighted by Crippen LogP contribution is -2.45. The summed E-state index contributed by atoms with van der Waals surface area (Å²) in [5.41, 5.74) is 1.42. The third-order valence-corrected chi connectivity index (χ3v) is 4.01. The van der Waals surface area contributed by atoms with Crippen LogP contribution in [0.4, 0.5) is 13.2 Å². The number of hydrogen-bond donors (Lipinski definition) is 0. The molecule has 2 aromatic rings. The van der Waals surface area contributed by atoms with Gasteiger partial charge in [-0.2, -0.15) is 13.2 Å². The van der Waals surface area contributed by atoms with Gasteiger partial charge in [0.1, 0.15) is 5.52 Å². The first-order valence-electron chi connectivity index (χ1n) is 6.73. The highest BCUT2D eigenvalue weighted by atomic mass is 35.5. The van der Waals surface area contributed by atoms with Crippen molar-refractivity contribution in [3.8, 4) is 0 Å². The lowest BCUT2D eigenvalue weighted by molar-refractivity contribution is -0.186. The minimum Gasteiger partial charge on any atom is -0.335 e. The topological polar surface area (TPSA) is 51.0 Å². The Bertz CT molecular complexity index is 707. The van der Waals surface area contributed by atoms with Gasteiger partial charge in [0, 0.05) is 18.1 Å². The van der Waals surface area contributed by atoms with Crippen molar-refractivity contribution in [2.24, 2.45) is 0 Å². The molecule has 0 atom stereocenters. The summed E-state index contributed by atoms with van der Waals surface area (Å²) in [7, 11) is 0. The molecule has 118 valence electrons. The van der Waals surface area contributed by atoms with E-state index in [4.69, 9.17) is 11.6 Å². The van der Waals surface area contributed by atoms with Crippen LogP contribution in [0.15, 0.2) is 18.2 Å². The Hall–Kier alpha value is -1.83. The number of rotatable bonds is 1. The molecule has 1 aliphatic heterocycles. The predicted octanol–water partition coefficient (Wildman–Crippen LogP) is 2.81. The van der Waals surface area contributed by atoms with Gasteiger partial charge in [-0.3, -0.25) is 4.79 Å². The van der Waals surface area contributed by atoms with Crippen LogP contribution in [0.2, 0.25) is 5.02 Å². The van der Waals surface area contributed by atoms with E-state index in [2.05, 4.69) is 10.3 Å². The fraction of sp³-hybridized carbons (Fsp3) is 0.462. The van der Waals surface area contributed by atoms with E-state index in [1.165, 1.54) is 0 Å². The van der Waals surface area contributed by atoms with Crippen molar-refractivity contribution < 1.29 is 18.0 Å². The molecule has 0 N–H and O–H groups in total. The number of nitrogens with zero attached hydrogens (tertiary/aromatic N) is 4. The van der Waals surface area contributed by atoms with Crippen molar-refractivity contribution in [3.05, 3.63) is 23.2 Å². The van der Waals surface area contributed by atoms with Gasteiger partial charge in [0.15, 0.2) is 0 Å². The van der Waals surface area contributed by atoms with E-state index in [1.807, 2.05) is 0 Å². The minimum atomic E-state index is -4.82. The zero-order valence-corrected chi connectivity index (χ0v) is 12.1. The largest absolute Gasteiger partial charge is 0.471 e. The standard InChI is InChI=1S/C13H12ClF3N4O/c14-8-1-2-11-10(7-8)18-19-21(11)9-3-5-20(6-4-9)12(22)13(15,16)17/h1-2,7,9H,3-6H2. The molecule has 1 fully saturated rings. The number of halogens is 4. The number of fused-ring (bicyclic) bond motifs is 1. The van der Waals surface area contributed by atoms with Crippen LogP contribution in [-0.2, 0) is 4.79 Å². The van der Waals surface area contributed by atoms with Crippen LogP contribution < -0.4 is 0 Å². The third-order valence-electron chi connectivity index (χ3n) is 3.77. The summed E-state index contributed by atoms with van der Waals surface area (Å²) in [5, 5.41) is 8.62. The van der Waals surface area contributed by atoms with Crippen LogP contribution in [0, 0.1) is 0 Å². The van der Waals surface area contributed by atoms with Gasteiger partial charge in [-0.1, -0.05) is 16.8 Å². The zero-order chi connectivity index (χ0) is 15.9. The predicted molar refractivity (Wildman–Crippen MR) is 73.4 cm³/mol. The number of hydrogen-bond acceptors (Lipinski definition) is 3. The van der Waals surface area contributed by atoms with Crippen molar-refractivity contribution in [1.82, 2.24) is 19.9 Å². The van der Waals surface area contributed by atoms with Gasteiger partial charge in [0.05, 0.1) is 11.6 Å². The SMILES string of the molecule is O=C(N1CCC(n2nnc3cc(Cl)ccc32)CC1)C(F)(F)F. The Balaban J connectivity index is 1.74. The molecule has 3 rings (SSSR count). The first-order chi connectivity index (χ1) is 10.4. The van der Waals surface area contributed by atoms with Crippen molar-refractivity contribution in [1.29, 1.82) is 0 Å². The van der Waals surface area contributed by atoms with Gasteiger partial charge in [-0.05, 0) is 31.0 Å². The average molecular weight is 333 g/mol. The van der Waals surface area contributed by atoms with Crippen molar-refractivity contribution in [3.63, 3.8) is 0 Å². The van der Waals surface area contributed by atoms with E-state index in [0.29, 0.717) is 23.4 Å². The molecule has 9 heteroatoms. The first kappa shape index (κ1) is 15.1. The molecule has 0 saturated carbocycles. The average Bonchev–Trinajstić information content (AvgIpc) is 2.88. The summed E-state index contributed by atoms with van der Waals surface area (Å²) in [5.74, 6) is -1.78. The van der Waals surface area contributed by atoms with Crippen LogP contribution in [0.3, 0.4) is 0 Å². The van der Waals surface area contributed by atoms with Crippen LogP contribution in [0.1, 0.15) is 18.9 Å². The summed E-state index contributed by atoms with van der Waals surface area (Å²) >= 11 is 5.88. The Morgan fingerprint density at radius 1 is 1.27 bits per heavy atom. The van der Waals surface area contributed by atoms with Gasteiger partial charge in [-0.15, -0.1) is 5.10 Å². The van der Waals surface area contributed by atoms with E-state index in [0.717, 1.165) is 10.4 Å². The maximum atomic E-state index is 12.4. The fourth-order valence-electron chi connectivity index (χ4n) is 2.68. The summed E-state index contributed by atoms with van der Waals surface area (Å²) in [6.45, 7) is 0.107. The number of piperidine rings is 1. The molecule has 1 aromatic carbocycles. The van der Waals surface area contributed by atoms with E-state index < -0.39 is 12.1 Å². The third kappa shape index (κ3) is 2.75. The molecule has 1 aliphatic rings. The quantitative estimate of drug-likeness (QED) is 0.807. The Morgan fingerprint density at radius 2 is 1.95 bits per heavy atom. The number of likely N-dealkylation sites (tertiary alicyclic amines) is 1. The molecule has 5 nitrogen and oxygen atoms in total. The number of alkyl halides is 3. The van der Waals surface area contributed by atoms with Gasteiger partial charge in [-0.25, -0.2) is 4.68 Å². The van der Waals surface area contributed by atoms with Crippen molar-refractivity contribution in [2.45, 2.75) is 25.1 Å². The molecular formula is C13H12ClF3N4O. The highest BCUT2D eigenvalue weighted by Crippen LogP contribution is 2.28. The molecular weight excluding hydrogens is 321 g/mol. The van der Waals surface area contributed by atoms with Crippen LogP contribution >= 0.6 is 11.6 Å². The van der Waals surface area contributed by atoms with Gasteiger partial charge in [0.25, 0.3) is 0 Å². The highest BCUT2D eigenvalue weighted by Gasteiger charge is 2.43. The lowest BCUT2D eigenvalue weighted by atomic mass is 10.0. The fourth-order valence-corrected chi connectivity index (χ4v) is 2.84.